The van der Waals surface area contributed by atoms with E-state index >= 15 is 0 Å². The molecular formula is C25H22FN3O5S. The van der Waals surface area contributed by atoms with Gasteiger partial charge in [0, 0.05) is 11.1 Å². The Morgan fingerprint density at radius 3 is 2.23 bits per heavy atom. The molecule has 3 aromatic carbocycles. The molecule has 0 saturated heterocycles. The van der Waals surface area contributed by atoms with Gasteiger partial charge in [-0.2, -0.15) is 10.1 Å². The second kappa shape index (κ2) is 10.4. The van der Waals surface area contributed by atoms with Gasteiger partial charge in [0.15, 0.2) is 11.5 Å². The van der Waals surface area contributed by atoms with E-state index in [1.54, 1.807) is 31.4 Å². The zero-order valence-electron chi connectivity index (χ0n) is 19.4. The Balaban J connectivity index is 1.78. The van der Waals surface area contributed by atoms with Gasteiger partial charge >= 0.3 is 0 Å². The van der Waals surface area contributed by atoms with E-state index in [2.05, 4.69) is 10.1 Å². The number of aromatic nitrogens is 1. The first-order chi connectivity index (χ1) is 17.0. The summed E-state index contributed by atoms with van der Waals surface area (Å²) in [5.41, 5.74) is 1.54. The van der Waals surface area contributed by atoms with Crippen molar-refractivity contribution >= 4 is 38.8 Å². The Kier molecular flexibility index (Phi) is 7.11. The highest BCUT2D eigenvalue weighted by molar-refractivity contribution is 7.22. The van der Waals surface area contributed by atoms with Crippen LogP contribution in [-0.4, -0.2) is 45.5 Å². The first-order valence-electron chi connectivity index (χ1n) is 10.4. The van der Waals surface area contributed by atoms with E-state index in [1.807, 2.05) is 6.07 Å². The summed E-state index contributed by atoms with van der Waals surface area (Å²) in [6.07, 6.45) is 1.48. The van der Waals surface area contributed by atoms with Crippen molar-refractivity contribution in [3.8, 4) is 23.0 Å². The number of thiazole rings is 1. The lowest BCUT2D eigenvalue weighted by atomic mass is 10.2. The van der Waals surface area contributed by atoms with Crippen LogP contribution < -0.4 is 24.0 Å². The van der Waals surface area contributed by atoms with Crippen LogP contribution in [-0.2, 0) is 0 Å². The molecule has 0 aliphatic rings. The van der Waals surface area contributed by atoms with Crippen LogP contribution in [0.1, 0.15) is 15.9 Å². The molecular weight excluding hydrogens is 473 g/mol. The molecule has 0 spiro atoms. The zero-order valence-corrected chi connectivity index (χ0v) is 20.3. The second-order valence-corrected chi connectivity index (χ2v) is 8.17. The molecule has 0 bridgehead atoms. The third-order valence-corrected chi connectivity index (χ3v) is 6.05. The minimum atomic E-state index is -0.472. The molecule has 0 saturated carbocycles. The SMILES string of the molecule is COc1ccc2nc(N(/N=C/c3cc(OC)c(OC)c(OC)c3)C(=O)c3ccc(F)cc3)sc2c1. The summed E-state index contributed by atoms with van der Waals surface area (Å²) >= 11 is 1.27. The number of methoxy groups -OCH3 is 4. The molecule has 0 radical (unpaired) electrons. The van der Waals surface area contributed by atoms with E-state index in [0.29, 0.717) is 39.2 Å². The van der Waals surface area contributed by atoms with Crippen LogP contribution in [0.5, 0.6) is 23.0 Å². The number of halogens is 1. The average Bonchev–Trinajstić information content (AvgIpc) is 3.31. The van der Waals surface area contributed by atoms with Crippen molar-refractivity contribution < 1.29 is 28.1 Å². The van der Waals surface area contributed by atoms with Crippen LogP contribution in [0, 0.1) is 5.82 Å². The monoisotopic (exact) mass is 495 g/mol. The molecule has 180 valence electrons. The Morgan fingerprint density at radius 2 is 1.63 bits per heavy atom. The van der Waals surface area contributed by atoms with Gasteiger partial charge in [-0.05, 0) is 54.6 Å². The summed E-state index contributed by atoms with van der Waals surface area (Å²) in [7, 11) is 6.12. The first kappa shape index (κ1) is 24.0. The molecule has 0 unspecified atom stereocenters. The van der Waals surface area contributed by atoms with Crippen molar-refractivity contribution in [1.82, 2.24) is 4.98 Å². The highest BCUT2D eigenvalue weighted by Crippen LogP contribution is 2.38. The van der Waals surface area contributed by atoms with Crippen molar-refractivity contribution in [2.75, 3.05) is 33.4 Å². The standard InChI is InChI=1S/C25H22FN3O5S/c1-31-18-9-10-19-22(13-18)35-25(28-19)29(24(30)16-5-7-17(26)8-6-16)27-14-15-11-20(32-2)23(34-4)21(12-15)33-3/h5-14H,1-4H3/b27-14+. The van der Waals surface area contributed by atoms with Crippen LogP contribution in [0.2, 0.25) is 0 Å². The van der Waals surface area contributed by atoms with Gasteiger partial charge in [-0.25, -0.2) is 9.37 Å². The number of nitrogens with zero attached hydrogens (tertiary/aromatic N) is 3. The summed E-state index contributed by atoms with van der Waals surface area (Å²) in [6, 6.07) is 14.1. The zero-order chi connectivity index (χ0) is 24.9. The summed E-state index contributed by atoms with van der Waals surface area (Å²) < 4.78 is 35.7. The number of rotatable bonds is 8. The fourth-order valence-electron chi connectivity index (χ4n) is 3.31. The third-order valence-electron chi connectivity index (χ3n) is 5.06. The number of ether oxygens (including phenoxy) is 4. The topological polar surface area (TPSA) is 82.5 Å². The maximum Gasteiger partial charge on any atom is 0.280 e. The number of hydrogen-bond donors (Lipinski definition) is 0. The van der Waals surface area contributed by atoms with Crippen LogP contribution in [0.25, 0.3) is 10.2 Å². The largest absolute Gasteiger partial charge is 0.497 e. The van der Waals surface area contributed by atoms with Crippen LogP contribution in [0.3, 0.4) is 0 Å². The summed E-state index contributed by atoms with van der Waals surface area (Å²) in [6.45, 7) is 0. The lowest BCUT2D eigenvalue weighted by Crippen LogP contribution is -2.25. The molecule has 1 heterocycles. The molecule has 35 heavy (non-hydrogen) atoms. The molecule has 0 fully saturated rings. The van der Waals surface area contributed by atoms with Gasteiger partial charge in [0.2, 0.25) is 10.9 Å². The normalized spacial score (nSPS) is 11.0. The summed E-state index contributed by atoms with van der Waals surface area (Å²) in [4.78, 5) is 18.0. The first-order valence-corrected chi connectivity index (χ1v) is 11.2. The Bertz CT molecular complexity index is 1360. The minimum Gasteiger partial charge on any atom is -0.497 e. The van der Waals surface area contributed by atoms with Gasteiger partial charge in [-0.15, -0.1) is 0 Å². The predicted molar refractivity (Wildman–Crippen MR) is 133 cm³/mol. The van der Waals surface area contributed by atoms with Crippen molar-refractivity contribution in [1.29, 1.82) is 0 Å². The Morgan fingerprint density at radius 1 is 0.943 bits per heavy atom. The van der Waals surface area contributed by atoms with E-state index in [1.165, 1.54) is 68.2 Å². The fraction of sp³-hybridized carbons (Fsp3) is 0.160. The number of benzene rings is 3. The van der Waals surface area contributed by atoms with E-state index in [-0.39, 0.29) is 5.56 Å². The van der Waals surface area contributed by atoms with Crippen LogP contribution >= 0.6 is 11.3 Å². The van der Waals surface area contributed by atoms with Crippen molar-refractivity contribution in [2.24, 2.45) is 5.10 Å². The van der Waals surface area contributed by atoms with Crippen LogP contribution in [0.15, 0.2) is 59.7 Å². The highest BCUT2D eigenvalue weighted by atomic mass is 32.1. The molecule has 4 rings (SSSR count). The molecule has 4 aromatic rings. The quantitative estimate of drug-likeness (QED) is 0.248. The van der Waals surface area contributed by atoms with E-state index < -0.39 is 11.7 Å². The number of carbonyl (C=O) groups excluding carboxylic acids is 1. The predicted octanol–water partition coefficient (Wildman–Crippen LogP) is 5.15. The van der Waals surface area contributed by atoms with Crippen molar-refractivity contribution in [3.63, 3.8) is 0 Å². The van der Waals surface area contributed by atoms with E-state index in [9.17, 15) is 9.18 Å². The van der Waals surface area contributed by atoms with E-state index in [4.69, 9.17) is 18.9 Å². The number of anilines is 1. The van der Waals surface area contributed by atoms with Gasteiger partial charge in [0.1, 0.15) is 11.6 Å². The Labute approximate surface area is 205 Å². The molecule has 8 nitrogen and oxygen atoms in total. The van der Waals surface area contributed by atoms with Crippen molar-refractivity contribution in [2.45, 2.75) is 0 Å². The maximum absolute atomic E-state index is 13.4. The summed E-state index contributed by atoms with van der Waals surface area (Å²) in [5.74, 6) is 1.07. The average molecular weight is 496 g/mol. The molecule has 0 aliphatic heterocycles. The Hall–Kier alpha value is -4.18. The van der Waals surface area contributed by atoms with E-state index in [0.717, 1.165) is 4.70 Å². The minimum absolute atomic E-state index is 0.255. The van der Waals surface area contributed by atoms with Gasteiger partial charge < -0.3 is 18.9 Å². The third kappa shape index (κ3) is 5.02. The highest BCUT2D eigenvalue weighted by Gasteiger charge is 2.22. The second-order valence-electron chi connectivity index (χ2n) is 7.16. The van der Waals surface area contributed by atoms with Crippen molar-refractivity contribution in [3.05, 3.63) is 71.5 Å². The molecule has 1 aromatic heterocycles. The van der Waals surface area contributed by atoms with Gasteiger partial charge in [0.05, 0.1) is 44.9 Å². The fourth-order valence-corrected chi connectivity index (χ4v) is 4.26. The van der Waals surface area contributed by atoms with Gasteiger partial charge in [-0.1, -0.05) is 11.3 Å². The molecule has 0 aliphatic carbocycles. The van der Waals surface area contributed by atoms with Gasteiger partial charge in [0.25, 0.3) is 5.91 Å². The number of carbonyl (C=O) groups is 1. The smallest absolute Gasteiger partial charge is 0.280 e. The maximum atomic E-state index is 13.4. The van der Waals surface area contributed by atoms with Crippen LogP contribution in [0.4, 0.5) is 9.52 Å². The number of amides is 1. The lowest BCUT2D eigenvalue weighted by Gasteiger charge is -2.15. The molecule has 0 atom stereocenters. The molecule has 10 heteroatoms. The number of hydrazone groups is 1. The summed E-state index contributed by atoms with van der Waals surface area (Å²) in [5, 5.41) is 5.95. The molecule has 1 amide bonds. The number of fused-ring (bicyclic) bond motifs is 1. The number of hydrogen-bond acceptors (Lipinski definition) is 8. The lowest BCUT2D eigenvalue weighted by molar-refractivity contribution is 0.0988. The molecule has 0 N–H and O–H groups in total. The van der Waals surface area contributed by atoms with Gasteiger partial charge in [-0.3, -0.25) is 4.79 Å².